The van der Waals surface area contributed by atoms with E-state index in [0.717, 1.165) is 22.3 Å². The summed E-state index contributed by atoms with van der Waals surface area (Å²) in [6.45, 7) is 0. The summed E-state index contributed by atoms with van der Waals surface area (Å²) in [5.41, 5.74) is 4.07. The van der Waals surface area contributed by atoms with E-state index in [4.69, 9.17) is 19.5 Å². The van der Waals surface area contributed by atoms with Gasteiger partial charge in [-0.2, -0.15) is 5.26 Å². The molecule has 2 aliphatic rings. The number of rotatable bonds is 6. The maximum Gasteiger partial charge on any atom is 0.212 e. The van der Waals surface area contributed by atoms with Crippen molar-refractivity contribution in [1.82, 2.24) is 0 Å². The van der Waals surface area contributed by atoms with Gasteiger partial charge in [0.1, 0.15) is 12.1 Å². The second-order valence-corrected chi connectivity index (χ2v) is 9.11. The van der Waals surface area contributed by atoms with Gasteiger partial charge in [0.05, 0.1) is 6.07 Å². The first-order chi connectivity index (χ1) is 18.3. The monoisotopic (exact) mass is 483 g/mol. The minimum absolute atomic E-state index is 0.272. The summed E-state index contributed by atoms with van der Waals surface area (Å²) in [6.07, 6.45) is -0.683. The Hall–Kier alpha value is -4.69. The number of ether oxygens (including phenoxy) is 2. The van der Waals surface area contributed by atoms with Crippen molar-refractivity contribution in [2.45, 2.75) is 24.3 Å². The van der Waals surface area contributed by atoms with Crippen LogP contribution in [-0.4, -0.2) is 11.8 Å². The largest absolute Gasteiger partial charge is 0.469 e. The zero-order valence-electron chi connectivity index (χ0n) is 20.1. The van der Waals surface area contributed by atoms with Crippen molar-refractivity contribution in [2.24, 2.45) is 15.9 Å². The van der Waals surface area contributed by atoms with Gasteiger partial charge in [-0.25, -0.2) is 9.98 Å². The lowest BCUT2D eigenvalue weighted by molar-refractivity contribution is 0.177. The van der Waals surface area contributed by atoms with E-state index in [1.165, 1.54) is 0 Å². The Morgan fingerprint density at radius 1 is 0.514 bits per heavy atom. The first-order valence-corrected chi connectivity index (χ1v) is 12.4. The molecule has 4 aromatic carbocycles. The number of aliphatic imine (C=N–C) groups is 2. The molecule has 0 aromatic heterocycles. The fraction of sp³-hybridized carbons (Fsp3) is 0.156. The van der Waals surface area contributed by atoms with Crippen LogP contribution in [0.15, 0.2) is 131 Å². The van der Waals surface area contributed by atoms with Gasteiger partial charge in [-0.05, 0) is 22.3 Å². The predicted octanol–water partition coefficient (Wildman–Crippen LogP) is 6.95. The Morgan fingerprint density at radius 3 is 1.16 bits per heavy atom. The summed E-state index contributed by atoms with van der Waals surface area (Å²) >= 11 is 0. The molecular weight excluding hydrogens is 458 g/mol. The summed E-state index contributed by atoms with van der Waals surface area (Å²) in [4.78, 5) is 9.88. The van der Waals surface area contributed by atoms with Gasteiger partial charge >= 0.3 is 0 Å². The molecule has 2 aliphatic heterocycles. The average Bonchev–Trinajstić information content (AvgIpc) is 3.61. The molecular formula is C32H25N3O2. The maximum atomic E-state index is 10.3. The third kappa shape index (κ3) is 4.50. The van der Waals surface area contributed by atoms with E-state index in [-0.39, 0.29) is 24.3 Å². The van der Waals surface area contributed by atoms with Gasteiger partial charge in [0.15, 0.2) is 18.1 Å². The molecule has 0 fully saturated rings. The van der Waals surface area contributed by atoms with Crippen LogP contribution in [0.4, 0.5) is 0 Å². The van der Waals surface area contributed by atoms with Crippen LogP contribution in [0.2, 0.25) is 0 Å². The molecule has 4 aromatic rings. The third-order valence-corrected chi connectivity index (χ3v) is 6.76. The fourth-order valence-corrected chi connectivity index (χ4v) is 4.95. The molecule has 5 nitrogen and oxygen atoms in total. The molecule has 0 bridgehead atoms. The van der Waals surface area contributed by atoms with E-state index in [1.54, 1.807) is 0 Å². The van der Waals surface area contributed by atoms with Crippen LogP contribution in [0, 0.1) is 17.2 Å². The second-order valence-electron chi connectivity index (χ2n) is 9.11. The summed E-state index contributed by atoms with van der Waals surface area (Å²) in [7, 11) is 0. The SMILES string of the molecule is N#CC(C1=NC(c2ccccc2)C(c2ccccc2)O1)C1=NC(c2ccccc2)C(c2ccccc2)O1. The number of nitriles is 1. The number of hydrogen-bond acceptors (Lipinski definition) is 5. The van der Waals surface area contributed by atoms with Crippen molar-refractivity contribution in [3.8, 4) is 6.07 Å². The highest BCUT2D eigenvalue weighted by Crippen LogP contribution is 2.44. The van der Waals surface area contributed by atoms with E-state index < -0.39 is 5.92 Å². The lowest BCUT2D eigenvalue weighted by atomic mass is 9.97. The molecule has 0 amide bonds. The van der Waals surface area contributed by atoms with E-state index in [0.29, 0.717) is 11.8 Å². The van der Waals surface area contributed by atoms with Crippen molar-refractivity contribution in [1.29, 1.82) is 5.26 Å². The quantitative estimate of drug-likeness (QED) is 0.298. The van der Waals surface area contributed by atoms with Crippen LogP contribution >= 0.6 is 0 Å². The minimum Gasteiger partial charge on any atom is -0.469 e. The molecule has 2 heterocycles. The summed E-state index contributed by atoms with van der Waals surface area (Å²) in [5, 5.41) is 10.3. The maximum absolute atomic E-state index is 10.3. The molecule has 180 valence electrons. The molecule has 37 heavy (non-hydrogen) atoms. The van der Waals surface area contributed by atoms with Crippen molar-refractivity contribution in [2.75, 3.05) is 0 Å². The van der Waals surface area contributed by atoms with E-state index in [1.807, 2.05) is 121 Å². The van der Waals surface area contributed by atoms with Gasteiger partial charge < -0.3 is 9.47 Å². The lowest BCUT2D eigenvalue weighted by Crippen LogP contribution is -2.24. The second kappa shape index (κ2) is 10.1. The van der Waals surface area contributed by atoms with Gasteiger partial charge in [-0.15, -0.1) is 0 Å². The van der Waals surface area contributed by atoms with Gasteiger partial charge in [-0.3, -0.25) is 0 Å². The van der Waals surface area contributed by atoms with Gasteiger partial charge in [0, 0.05) is 0 Å². The van der Waals surface area contributed by atoms with Crippen molar-refractivity contribution in [3.05, 3.63) is 144 Å². The van der Waals surface area contributed by atoms with Crippen LogP contribution in [0.1, 0.15) is 46.5 Å². The number of benzene rings is 4. The predicted molar refractivity (Wildman–Crippen MR) is 143 cm³/mol. The Balaban J connectivity index is 1.37. The van der Waals surface area contributed by atoms with E-state index >= 15 is 0 Å². The highest BCUT2D eigenvalue weighted by molar-refractivity contribution is 6.04. The highest BCUT2D eigenvalue weighted by atomic mass is 16.5. The van der Waals surface area contributed by atoms with Crippen molar-refractivity contribution in [3.63, 3.8) is 0 Å². The average molecular weight is 484 g/mol. The summed E-state index contributed by atoms with van der Waals surface area (Å²) in [6, 6.07) is 41.9. The normalized spacial score (nSPS) is 23.2. The van der Waals surface area contributed by atoms with Gasteiger partial charge in [0.2, 0.25) is 11.8 Å². The van der Waals surface area contributed by atoms with Gasteiger partial charge in [0.25, 0.3) is 0 Å². The van der Waals surface area contributed by atoms with Crippen LogP contribution in [0.25, 0.3) is 0 Å². The molecule has 0 saturated carbocycles. The van der Waals surface area contributed by atoms with Crippen molar-refractivity contribution < 1.29 is 9.47 Å². The minimum atomic E-state index is -0.847. The molecule has 0 spiro atoms. The topological polar surface area (TPSA) is 67.0 Å². The van der Waals surface area contributed by atoms with Crippen LogP contribution in [0.3, 0.4) is 0 Å². The molecule has 0 N–H and O–H groups in total. The molecule has 0 saturated heterocycles. The van der Waals surface area contributed by atoms with Crippen LogP contribution in [0.5, 0.6) is 0 Å². The third-order valence-electron chi connectivity index (χ3n) is 6.76. The smallest absolute Gasteiger partial charge is 0.212 e. The lowest BCUT2D eigenvalue weighted by Gasteiger charge is -2.20. The highest BCUT2D eigenvalue weighted by Gasteiger charge is 2.43. The molecule has 4 atom stereocenters. The molecule has 0 radical (unpaired) electrons. The zero-order chi connectivity index (χ0) is 25.0. The number of nitrogens with zero attached hydrogens (tertiary/aromatic N) is 3. The summed E-state index contributed by atoms with van der Waals surface area (Å²) < 4.78 is 12.9. The van der Waals surface area contributed by atoms with E-state index in [9.17, 15) is 5.26 Å². The van der Waals surface area contributed by atoms with Crippen LogP contribution in [-0.2, 0) is 9.47 Å². The van der Waals surface area contributed by atoms with Crippen LogP contribution < -0.4 is 0 Å². The Bertz CT molecular complexity index is 1340. The Kier molecular flexibility index (Phi) is 6.22. The molecule has 0 aliphatic carbocycles. The Morgan fingerprint density at radius 2 is 0.838 bits per heavy atom. The first kappa shape index (κ1) is 22.8. The van der Waals surface area contributed by atoms with Gasteiger partial charge in [-0.1, -0.05) is 121 Å². The zero-order valence-corrected chi connectivity index (χ0v) is 20.1. The standard InChI is InChI=1S/C32H25N3O2/c33-21-26(31-34-27(22-13-5-1-6-14-22)29(36-31)24-17-9-3-10-18-24)32-35-28(23-15-7-2-8-16-23)30(37-32)25-19-11-4-12-20-25/h1-20,26-30H. The van der Waals surface area contributed by atoms with Crippen molar-refractivity contribution >= 4 is 11.8 Å². The molecule has 6 rings (SSSR count). The summed E-state index contributed by atoms with van der Waals surface area (Å²) in [5.74, 6) is -0.172. The Labute approximate surface area is 216 Å². The first-order valence-electron chi connectivity index (χ1n) is 12.4. The van der Waals surface area contributed by atoms with E-state index in [2.05, 4.69) is 6.07 Å². The number of hydrogen-bond donors (Lipinski definition) is 0. The molecule has 4 unspecified atom stereocenters. The fourth-order valence-electron chi connectivity index (χ4n) is 4.95. The molecule has 5 heteroatoms.